The van der Waals surface area contributed by atoms with Crippen LogP contribution in [0.4, 0.5) is 0 Å². The van der Waals surface area contributed by atoms with Crippen molar-refractivity contribution in [3.63, 3.8) is 0 Å². The van der Waals surface area contributed by atoms with E-state index in [4.69, 9.17) is 4.55 Å². The molecule has 0 aliphatic carbocycles. The van der Waals surface area contributed by atoms with Gasteiger partial charge in [-0.3, -0.25) is 0 Å². The molecule has 14 heavy (non-hydrogen) atoms. The third-order valence-corrected chi connectivity index (χ3v) is 3.11. The zero-order valence-corrected chi connectivity index (χ0v) is 10.1. The van der Waals surface area contributed by atoms with Gasteiger partial charge in [0.15, 0.2) is 0 Å². The third kappa shape index (κ3) is 3.07. The van der Waals surface area contributed by atoms with E-state index in [0.717, 1.165) is 0 Å². The molecule has 0 heterocycles. The Morgan fingerprint density at radius 3 is 2.57 bits per heavy atom. The number of aldehydes is 1. The topological polar surface area (TPSA) is 80.7 Å². The molecule has 0 aromatic heterocycles. The molecule has 0 bridgehead atoms. The van der Waals surface area contributed by atoms with Crippen LogP contribution in [-0.4, -0.2) is 47.2 Å². The Kier molecular flexibility index (Phi) is 3.68. The predicted octanol–water partition coefficient (Wildman–Crippen LogP) is -0.526. The molecule has 1 N–H and O–H groups in total. The summed E-state index contributed by atoms with van der Waals surface area (Å²) in [4.78, 5) is 10.5. The number of rotatable bonds is 3. The molecule has 0 saturated carbocycles. The summed E-state index contributed by atoms with van der Waals surface area (Å²) in [5.74, 6) is 0.00349. The van der Waals surface area contributed by atoms with E-state index in [-0.39, 0.29) is 5.75 Å². The second-order valence-corrected chi connectivity index (χ2v) is 4.62. The second kappa shape index (κ2) is 4.41. The first-order valence-corrected chi connectivity index (χ1v) is 6.02. The van der Waals surface area contributed by atoms with Crippen molar-refractivity contribution in [2.24, 2.45) is 0 Å². The SMILES string of the molecule is O=Cc1cccc(OS(=O)(=O)O)[c]1[Na]. The second-order valence-electron chi connectivity index (χ2n) is 2.60. The third-order valence-electron chi connectivity index (χ3n) is 1.65. The molecule has 7 heteroatoms. The fourth-order valence-corrected chi connectivity index (χ4v) is 2.07. The Bertz CT molecular complexity index is 453. The van der Waals surface area contributed by atoms with Gasteiger partial charge < -0.3 is 0 Å². The molecular weight excluding hydrogens is 219 g/mol. The van der Waals surface area contributed by atoms with E-state index in [1.807, 2.05) is 0 Å². The predicted molar refractivity (Wildman–Crippen MR) is 49.4 cm³/mol. The van der Waals surface area contributed by atoms with Crippen LogP contribution in [0.1, 0.15) is 10.4 Å². The van der Waals surface area contributed by atoms with Crippen molar-refractivity contribution in [3.8, 4) is 5.75 Å². The molecule has 0 amide bonds. The summed E-state index contributed by atoms with van der Waals surface area (Å²) >= 11 is 0.448. The molecule has 0 unspecified atom stereocenters. The monoisotopic (exact) mass is 224 g/mol. The van der Waals surface area contributed by atoms with Crippen molar-refractivity contribution in [2.45, 2.75) is 0 Å². The summed E-state index contributed by atoms with van der Waals surface area (Å²) in [6.07, 6.45) is 0.610. The van der Waals surface area contributed by atoms with Gasteiger partial charge in [0.2, 0.25) is 0 Å². The van der Waals surface area contributed by atoms with Crippen LogP contribution in [0.3, 0.4) is 0 Å². The van der Waals surface area contributed by atoms with Crippen LogP contribution in [0.25, 0.3) is 0 Å². The molecule has 1 aromatic carbocycles. The Hall–Kier alpha value is -0.400. The van der Waals surface area contributed by atoms with E-state index in [0.29, 0.717) is 42.6 Å². The Morgan fingerprint density at radius 2 is 2.07 bits per heavy atom. The number of benzene rings is 1. The maximum absolute atomic E-state index is 10.5. The van der Waals surface area contributed by atoms with Crippen LogP contribution in [0.2, 0.25) is 0 Å². The average molecular weight is 224 g/mol. The average Bonchev–Trinajstić information content (AvgIpc) is 2.06. The van der Waals surface area contributed by atoms with Crippen molar-refractivity contribution in [2.75, 3.05) is 0 Å². The van der Waals surface area contributed by atoms with Gasteiger partial charge in [-0.15, -0.1) is 0 Å². The minimum absolute atomic E-state index is 0.00349. The zero-order chi connectivity index (χ0) is 10.8. The van der Waals surface area contributed by atoms with Gasteiger partial charge in [0, 0.05) is 0 Å². The Morgan fingerprint density at radius 1 is 1.43 bits per heavy atom. The molecule has 0 atom stereocenters. The van der Waals surface area contributed by atoms with Crippen molar-refractivity contribution in [3.05, 3.63) is 23.8 Å². The molecule has 0 aliphatic heterocycles. The van der Waals surface area contributed by atoms with Crippen molar-refractivity contribution in [1.29, 1.82) is 0 Å². The molecular formula is C7H5NaO5S. The van der Waals surface area contributed by atoms with E-state index in [1.54, 1.807) is 6.07 Å². The van der Waals surface area contributed by atoms with Crippen LogP contribution in [0.15, 0.2) is 18.2 Å². The molecule has 0 radical (unpaired) electrons. The van der Waals surface area contributed by atoms with Gasteiger partial charge in [0.05, 0.1) is 0 Å². The van der Waals surface area contributed by atoms with E-state index in [9.17, 15) is 13.2 Å². The minimum atomic E-state index is -4.52. The summed E-state index contributed by atoms with van der Waals surface area (Å²) in [6.45, 7) is 0. The normalized spacial score (nSPS) is 11.1. The summed E-state index contributed by atoms with van der Waals surface area (Å²) < 4.78 is 34.0. The molecule has 5 nitrogen and oxygen atoms in total. The van der Waals surface area contributed by atoms with Crippen LogP contribution in [0, 0.1) is 0 Å². The molecule has 1 aromatic rings. The van der Waals surface area contributed by atoms with Crippen molar-refractivity contribution < 1.29 is 21.9 Å². The Balaban J connectivity index is 3.17. The van der Waals surface area contributed by atoms with E-state index in [2.05, 4.69) is 4.18 Å². The van der Waals surface area contributed by atoms with E-state index >= 15 is 0 Å². The van der Waals surface area contributed by atoms with Crippen LogP contribution < -0.4 is 7.00 Å². The maximum atomic E-state index is 10.5. The van der Waals surface area contributed by atoms with E-state index < -0.39 is 10.4 Å². The van der Waals surface area contributed by atoms with Gasteiger partial charge in [-0.05, 0) is 0 Å². The molecule has 1 rings (SSSR count). The molecule has 0 saturated heterocycles. The fourth-order valence-electron chi connectivity index (χ4n) is 0.963. The first-order valence-electron chi connectivity index (χ1n) is 3.66. The zero-order valence-electron chi connectivity index (χ0n) is 7.30. The van der Waals surface area contributed by atoms with Crippen LogP contribution >= 0.6 is 0 Å². The molecule has 70 valence electrons. The van der Waals surface area contributed by atoms with Crippen LogP contribution in [0.5, 0.6) is 5.75 Å². The van der Waals surface area contributed by atoms with Gasteiger partial charge >= 0.3 is 98.9 Å². The fraction of sp³-hybridized carbons (Fsp3) is 0. The van der Waals surface area contributed by atoms with Crippen LogP contribution in [-0.2, 0) is 10.4 Å². The first kappa shape index (κ1) is 11.7. The number of carbonyl (C=O) groups is 1. The molecule has 0 aliphatic rings. The molecule has 0 spiro atoms. The quantitative estimate of drug-likeness (QED) is 0.424. The first-order chi connectivity index (χ1) is 6.44. The van der Waals surface area contributed by atoms with Crippen molar-refractivity contribution >= 4 is 47.4 Å². The van der Waals surface area contributed by atoms with Gasteiger partial charge in [-0.25, -0.2) is 0 Å². The summed E-state index contributed by atoms with van der Waals surface area (Å²) in [5.41, 5.74) is 0.373. The standard InChI is InChI=1S/C7H5O5S.Na/c8-5-6-2-1-3-7(4-6)12-13(9,10)11;/h1-3,5H,(H,9,10,11);. The van der Waals surface area contributed by atoms with Crippen molar-refractivity contribution in [1.82, 2.24) is 0 Å². The number of hydrogen-bond acceptors (Lipinski definition) is 4. The van der Waals surface area contributed by atoms with Gasteiger partial charge in [0.1, 0.15) is 0 Å². The van der Waals surface area contributed by atoms with Gasteiger partial charge in [0.25, 0.3) is 0 Å². The summed E-state index contributed by atoms with van der Waals surface area (Å²) in [6, 6.07) is 4.40. The summed E-state index contributed by atoms with van der Waals surface area (Å²) in [7, 11) is -4.52. The Labute approximate surface area is 98.4 Å². The number of hydrogen-bond donors (Lipinski definition) is 1. The van der Waals surface area contributed by atoms with Gasteiger partial charge in [-0.2, -0.15) is 0 Å². The van der Waals surface area contributed by atoms with Gasteiger partial charge in [-0.1, -0.05) is 0 Å². The molecule has 0 fully saturated rings. The number of carbonyl (C=O) groups excluding carboxylic acids is 1. The summed E-state index contributed by atoms with van der Waals surface area (Å²) in [5, 5.41) is 0. The van der Waals surface area contributed by atoms with E-state index in [1.165, 1.54) is 12.1 Å².